The highest BCUT2D eigenvalue weighted by molar-refractivity contribution is 6.42. The van der Waals surface area contributed by atoms with Crippen LogP contribution in [0.2, 0.25) is 10.0 Å². The first-order chi connectivity index (χ1) is 13.7. The minimum Gasteiger partial charge on any atom is -0.319 e. The van der Waals surface area contributed by atoms with Gasteiger partial charge in [0.25, 0.3) is 11.5 Å². The van der Waals surface area contributed by atoms with Gasteiger partial charge in [-0.3, -0.25) is 18.9 Å². The van der Waals surface area contributed by atoms with Gasteiger partial charge in [-0.25, -0.2) is 9.78 Å². The zero-order valence-corrected chi connectivity index (χ0v) is 17.1. The van der Waals surface area contributed by atoms with Gasteiger partial charge in [0.2, 0.25) is 0 Å². The number of amides is 3. The summed E-state index contributed by atoms with van der Waals surface area (Å²) >= 11 is 12.0. The van der Waals surface area contributed by atoms with E-state index < -0.39 is 17.5 Å². The van der Waals surface area contributed by atoms with Crippen LogP contribution in [-0.4, -0.2) is 26.2 Å². The Bertz CT molecular complexity index is 1240. The molecule has 0 radical (unpaired) electrons. The molecule has 29 heavy (non-hydrogen) atoms. The molecule has 9 heteroatoms. The molecule has 1 fully saturated rings. The fourth-order valence-electron chi connectivity index (χ4n) is 3.45. The highest BCUT2D eigenvalue weighted by Gasteiger charge is 2.49. The molecule has 0 spiro atoms. The molecule has 3 aromatic rings. The highest BCUT2D eigenvalue weighted by Crippen LogP contribution is 2.33. The van der Waals surface area contributed by atoms with Gasteiger partial charge in [0.05, 0.1) is 22.3 Å². The second kappa shape index (κ2) is 6.86. The van der Waals surface area contributed by atoms with Crippen molar-refractivity contribution in [1.29, 1.82) is 0 Å². The Morgan fingerprint density at radius 1 is 1.07 bits per heavy atom. The van der Waals surface area contributed by atoms with Gasteiger partial charge in [0.15, 0.2) is 0 Å². The van der Waals surface area contributed by atoms with Crippen LogP contribution in [0.1, 0.15) is 23.9 Å². The number of carbonyl (C=O) groups excluding carboxylic acids is 2. The topological polar surface area (TPSA) is 83.8 Å². The molecule has 1 N–H and O–H groups in total. The number of hydrogen-bond donors (Lipinski definition) is 1. The van der Waals surface area contributed by atoms with Crippen LogP contribution in [0.4, 0.5) is 4.79 Å². The number of hydrogen-bond acceptors (Lipinski definition) is 4. The summed E-state index contributed by atoms with van der Waals surface area (Å²) in [6, 6.07) is 10.8. The highest BCUT2D eigenvalue weighted by atomic mass is 35.5. The van der Waals surface area contributed by atoms with Crippen molar-refractivity contribution in [3.05, 3.63) is 79.8 Å². The van der Waals surface area contributed by atoms with E-state index in [4.69, 9.17) is 23.2 Å². The molecule has 1 unspecified atom stereocenters. The number of fused-ring (bicyclic) bond motifs is 1. The van der Waals surface area contributed by atoms with Crippen molar-refractivity contribution in [2.24, 2.45) is 0 Å². The fraction of sp³-hybridized carbons (Fsp3) is 0.200. The van der Waals surface area contributed by atoms with Gasteiger partial charge in [0, 0.05) is 11.8 Å². The summed E-state index contributed by atoms with van der Waals surface area (Å²) in [4.78, 5) is 43.6. The van der Waals surface area contributed by atoms with Gasteiger partial charge < -0.3 is 5.32 Å². The van der Waals surface area contributed by atoms with Crippen LogP contribution in [-0.2, 0) is 16.9 Å². The molecular formula is C20H16Cl2N4O3. The van der Waals surface area contributed by atoms with Crippen LogP contribution in [0.25, 0.3) is 5.65 Å². The number of urea groups is 1. The predicted molar refractivity (Wildman–Crippen MR) is 109 cm³/mol. The molecule has 0 saturated carbocycles. The molecule has 2 aromatic heterocycles. The Hall–Kier alpha value is -2.90. The Balaban J connectivity index is 1.69. The maximum Gasteiger partial charge on any atom is 0.325 e. The fourth-order valence-corrected chi connectivity index (χ4v) is 3.75. The van der Waals surface area contributed by atoms with Crippen molar-refractivity contribution >= 4 is 40.8 Å². The largest absolute Gasteiger partial charge is 0.325 e. The van der Waals surface area contributed by atoms with Gasteiger partial charge in [-0.1, -0.05) is 35.3 Å². The van der Waals surface area contributed by atoms with E-state index >= 15 is 0 Å². The molecule has 4 rings (SSSR count). The third kappa shape index (κ3) is 3.16. The van der Waals surface area contributed by atoms with Gasteiger partial charge in [-0.2, -0.15) is 0 Å². The lowest BCUT2D eigenvalue weighted by Crippen LogP contribution is -2.40. The van der Waals surface area contributed by atoms with Crippen LogP contribution in [0, 0.1) is 6.92 Å². The summed E-state index contributed by atoms with van der Waals surface area (Å²) in [7, 11) is 0. The lowest BCUT2D eigenvalue weighted by Gasteiger charge is -2.22. The Morgan fingerprint density at radius 3 is 2.55 bits per heavy atom. The molecule has 148 valence electrons. The van der Waals surface area contributed by atoms with Crippen molar-refractivity contribution in [3.63, 3.8) is 0 Å². The zero-order chi connectivity index (χ0) is 20.9. The molecule has 1 atom stereocenters. The Labute approximate surface area is 175 Å². The maximum absolute atomic E-state index is 13.1. The Morgan fingerprint density at radius 2 is 1.83 bits per heavy atom. The summed E-state index contributed by atoms with van der Waals surface area (Å²) < 4.78 is 1.47. The average Bonchev–Trinajstić information content (AvgIpc) is 2.88. The molecule has 0 aliphatic carbocycles. The van der Waals surface area contributed by atoms with E-state index in [1.165, 1.54) is 10.5 Å². The second-order valence-electron chi connectivity index (χ2n) is 7.02. The monoisotopic (exact) mass is 430 g/mol. The minimum absolute atomic E-state index is 0.124. The SMILES string of the molecule is Cc1cccc2nc(CN3C(=O)NC(C)(c4ccc(Cl)c(Cl)c4)C3=O)cc(=O)n12. The smallest absolute Gasteiger partial charge is 0.319 e. The number of aryl methyl sites for hydroxylation is 1. The maximum atomic E-state index is 13.1. The zero-order valence-electron chi connectivity index (χ0n) is 15.6. The number of aromatic nitrogens is 2. The van der Waals surface area contributed by atoms with Crippen molar-refractivity contribution < 1.29 is 9.59 Å². The summed E-state index contributed by atoms with van der Waals surface area (Å²) in [6.07, 6.45) is 0. The third-order valence-electron chi connectivity index (χ3n) is 5.03. The van der Waals surface area contributed by atoms with Crippen LogP contribution >= 0.6 is 23.2 Å². The van der Waals surface area contributed by atoms with Gasteiger partial charge in [-0.15, -0.1) is 0 Å². The number of rotatable bonds is 3. The molecule has 1 aromatic carbocycles. The average molecular weight is 431 g/mol. The van der Waals surface area contributed by atoms with E-state index in [0.29, 0.717) is 21.9 Å². The summed E-state index contributed by atoms with van der Waals surface area (Å²) in [6.45, 7) is 3.27. The lowest BCUT2D eigenvalue weighted by molar-refractivity contribution is -0.131. The molecule has 1 aliphatic rings. The van der Waals surface area contributed by atoms with E-state index in [1.54, 1.807) is 50.2 Å². The number of imide groups is 1. The quantitative estimate of drug-likeness (QED) is 0.646. The number of nitrogens with zero attached hydrogens (tertiary/aromatic N) is 3. The number of nitrogens with one attached hydrogen (secondary N) is 1. The van der Waals surface area contributed by atoms with E-state index in [0.717, 1.165) is 10.6 Å². The van der Waals surface area contributed by atoms with Crippen molar-refractivity contribution in [2.75, 3.05) is 0 Å². The van der Waals surface area contributed by atoms with Crippen LogP contribution in [0.15, 0.2) is 47.3 Å². The van der Waals surface area contributed by atoms with Crippen molar-refractivity contribution in [1.82, 2.24) is 19.6 Å². The first-order valence-electron chi connectivity index (χ1n) is 8.78. The number of halogens is 2. The van der Waals surface area contributed by atoms with Crippen LogP contribution in [0.5, 0.6) is 0 Å². The molecule has 0 bridgehead atoms. The van der Waals surface area contributed by atoms with E-state index in [9.17, 15) is 14.4 Å². The molecular weight excluding hydrogens is 415 g/mol. The lowest BCUT2D eigenvalue weighted by atomic mass is 9.92. The van der Waals surface area contributed by atoms with Crippen LogP contribution in [0.3, 0.4) is 0 Å². The number of benzene rings is 1. The number of pyridine rings is 1. The minimum atomic E-state index is -1.30. The third-order valence-corrected chi connectivity index (χ3v) is 5.76. The molecule has 7 nitrogen and oxygen atoms in total. The standard InChI is InChI=1S/C20H16Cl2N4O3/c1-11-4-3-5-16-23-13(9-17(27)26(11)16)10-25-18(28)20(2,24-19(25)29)12-6-7-14(21)15(22)8-12/h3-9H,10H2,1-2H3,(H,24,29). The normalized spacial score (nSPS) is 19.1. The molecule has 3 heterocycles. The predicted octanol–water partition coefficient (Wildman–Crippen LogP) is 3.28. The summed E-state index contributed by atoms with van der Waals surface area (Å²) in [5.41, 5.74) is 0.452. The van der Waals surface area contributed by atoms with E-state index in [2.05, 4.69) is 10.3 Å². The van der Waals surface area contributed by atoms with Crippen LogP contribution < -0.4 is 10.9 Å². The molecule has 1 aliphatic heterocycles. The molecule has 1 saturated heterocycles. The summed E-state index contributed by atoms with van der Waals surface area (Å²) in [5.74, 6) is -0.466. The van der Waals surface area contributed by atoms with Gasteiger partial charge >= 0.3 is 6.03 Å². The van der Waals surface area contributed by atoms with Gasteiger partial charge in [0.1, 0.15) is 11.2 Å². The second-order valence-corrected chi connectivity index (χ2v) is 7.84. The Kier molecular flexibility index (Phi) is 4.59. The first kappa shape index (κ1) is 19.4. The molecule has 3 amide bonds. The summed E-state index contributed by atoms with van der Waals surface area (Å²) in [5, 5.41) is 3.33. The first-order valence-corrected chi connectivity index (χ1v) is 9.54. The van der Waals surface area contributed by atoms with E-state index in [-0.39, 0.29) is 17.1 Å². The van der Waals surface area contributed by atoms with Crippen molar-refractivity contribution in [3.8, 4) is 0 Å². The number of carbonyl (C=O) groups is 2. The van der Waals surface area contributed by atoms with Gasteiger partial charge in [-0.05, 0) is 43.7 Å². The van der Waals surface area contributed by atoms with Crippen molar-refractivity contribution in [2.45, 2.75) is 25.9 Å². The van der Waals surface area contributed by atoms with E-state index in [1.807, 2.05) is 0 Å².